The van der Waals surface area contributed by atoms with Gasteiger partial charge in [0.25, 0.3) is 0 Å². The van der Waals surface area contributed by atoms with Gasteiger partial charge in [-0.25, -0.2) is 0 Å². The number of hydrogen-bond acceptors (Lipinski definition) is 4. The summed E-state index contributed by atoms with van der Waals surface area (Å²) in [4.78, 5) is 15.9. The molecule has 1 aromatic rings. The van der Waals surface area contributed by atoms with Gasteiger partial charge in [-0.05, 0) is 43.5 Å². The van der Waals surface area contributed by atoms with Gasteiger partial charge in [0.05, 0.1) is 12.5 Å². The van der Waals surface area contributed by atoms with Crippen molar-refractivity contribution >= 4 is 5.97 Å². The second kappa shape index (κ2) is 5.77. The molecule has 2 rings (SSSR count). The molecule has 2 heterocycles. The van der Waals surface area contributed by atoms with Crippen LogP contribution >= 0.6 is 0 Å². The van der Waals surface area contributed by atoms with E-state index in [0.717, 1.165) is 13.0 Å². The number of nitrogens with zero attached hydrogens (tertiary/aromatic N) is 1. The molecule has 0 spiro atoms. The number of hydrogen-bond donors (Lipinski definition) is 1. The van der Waals surface area contributed by atoms with Crippen LogP contribution in [0.1, 0.15) is 24.8 Å². The van der Waals surface area contributed by atoms with E-state index >= 15 is 0 Å². The Kier molecular flexibility index (Phi) is 4.09. The summed E-state index contributed by atoms with van der Waals surface area (Å²) in [6.07, 6.45) is 4.52. The molecule has 1 aromatic heterocycles. The van der Waals surface area contributed by atoms with E-state index in [1.54, 1.807) is 12.4 Å². The van der Waals surface area contributed by atoms with Crippen molar-refractivity contribution in [2.75, 3.05) is 19.7 Å². The Labute approximate surface area is 101 Å². The normalized spacial score (nSPS) is 24.3. The smallest absolute Gasteiger partial charge is 0.310 e. The maximum absolute atomic E-state index is 11.9. The van der Waals surface area contributed by atoms with Crippen LogP contribution in [0.3, 0.4) is 0 Å². The van der Waals surface area contributed by atoms with Gasteiger partial charge in [0.15, 0.2) is 0 Å². The molecular weight excluding hydrogens is 216 g/mol. The highest BCUT2D eigenvalue weighted by atomic mass is 16.5. The van der Waals surface area contributed by atoms with Gasteiger partial charge in [0.1, 0.15) is 0 Å². The minimum absolute atomic E-state index is 0.0777. The predicted molar refractivity (Wildman–Crippen MR) is 64.6 cm³/mol. The molecule has 2 atom stereocenters. The second-order valence-electron chi connectivity index (χ2n) is 4.24. The molecule has 17 heavy (non-hydrogen) atoms. The van der Waals surface area contributed by atoms with Crippen LogP contribution in [0.2, 0.25) is 0 Å². The molecule has 1 aliphatic rings. The van der Waals surface area contributed by atoms with E-state index < -0.39 is 0 Å². The van der Waals surface area contributed by atoms with Gasteiger partial charge in [-0.3, -0.25) is 9.78 Å². The molecule has 92 valence electrons. The Morgan fingerprint density at radius 2 is 2.29 bits per heavy atom. The minimum atomic E-state index is -0.0958. The van der Waals surface area contributed by atoms with E-state index in [1.807, 2.05) is 19.1 Å². The number of rotatable bonds is 3. The molecule has 1 fully saturated rings. The Morgan fingerprint density at radius 1 is 1.53 bits per heavy atom. The van der Waals surface area contributed by atoms with Crippen molar-refractivity contribution in [2.45, 2.75) is 19.3 Å². The monoisotopic (exact) mass is 234 g/mol. The van der Waals surface area contributed by atoms with Crippen LogP contribution in [0.25, 0.3) is 0 Å². The Morgan fingerprint density at radius 3 is 3.00 bits per heavy atom. The fraction of sp³-hybridized carbons (Fsp3) is 0.538. The number of esters is 1. The van der Waals surface area contributed by atoms with Gasteiger partial charge >= 0.3 is 5.97 Å². The SMILES string of the molecule is CCOC(=O)[C@H]1CNCC[C@H]1c1ccncc1. The van der Waals surface area contributed by atoms with Crippen molar-refractivity contribution < 1.29 is 9.53 Å². The molecule has 4 nitrogen and oxygen atoms in total. The highest BCUT2D eigenvalue weighted by molar-refractivity contribution is 5.74. The number of carbonyl (C=O) groups excluding carboxylic acids is 1. The van der Waals surface area contributed by atoms with E-state index in [4.69, 9.17) is 4.74 Å². The number of nitrogens with one attached hydrogen (secondary N) is 1. The van der Waals surface area contributed by atoms with Crippen molar-refractivity contribution in [1.29, 1.82) is 0 Å². The number of pyridine rings is 1. The van der Waals surface area contributed by atoms with Crippen LogP contribution < -0.4 is 5.32 Å². The number of aromatic nitrogens is 1. The molecule has 1 aliphatic heterocycles. The first kappa shape index (κ1) is 12.0. The van der Waals surface area contributed by atoms with Crippen molar-refractivity contribution in [3.8, 4) is 0 Å². The molecule has 1 saturated heterocycles. The summed E-state index contributed by atoms with van der Waals surface area (Å²) in [5, 5.41) is 3.26. The third kappa shape index (κ3) is 2.82. The van der Waals surface area contributed by atoms with Gasteiger partial charge in [0, 0.05) is 18.9 Å². The zero-order valence-electron chi connectivity index (χ0n) is 10.1. The zero-order valence-corrected chi connectivity index (χ0v) is 10.1. The van der Waals surface area contributed by atoms with Gasteiger partial charge in [-0.15, -0.1) is 0 Å². The highest BCUT2D eigenvalue weighted by Gasteiger charge is 2.32. The zero-order chi connectivity index (χ0) is 12.1. The van der Waals surface area contributed by atoms with Crippen molar-refractivity contribution in [3.63, 3.8) is 0 Å². The van der Waals surface area contributed by atoms with Crippen LogP contribution in [0, 0.1) is 5.92 Å². The van der Waals surface area contributed by atoms with Gasteiger partial charge in [0.2, 0.25) is 0 Å². The summed E-state index contributed by atoms with van der Waals surface area (Å²) in [5.74, 6) is 0.0749. The van der Waals surface area contributed by atoms with Gasteiger partial charge < -0.3 is 10.1 Å². The van der Waals surface area contributed by atoms with Crippen LogP contribution in [0.4, 0.5) is 0 Å². The average Bonchev–Trinajstić information content (AvgIpc) is 2.40. The molecule has 0 unspecified atom stereocenters. The van der Waals surface area contributed by atoms with E-state index in [1.165, 1.54) is 5.56 Å². The lowest BCUT2D eigenvalue weighted by Gasteiger charge is -2.30. The molecule has 0 aliphatic carbocycles. The highest BCUT2D eigenvalue weighted by Crippen LogP contribution is 2.30. The van der Waals surface area contributed by atoms with Crippen LogP contribution in [0.5, 0.6) is 0 Å². The van der Waals surface area contributed by atoms with Crippen molar-refractivity contribution in [3.05, 3.63) is 30.1 Å². The van der Waals surface area contributed by atoms with Gasteiger partial charge in [-0.1, -0.05) is 0 Å². The van der Waals surface area contributed by atoms with E-state index in [2.05, 4.69) is 10.3 Å². The van der Waals surface area contributed by atoms with E-state index in [-0.39, 0.29) is 17.8 Å². The molecule has 4 heteroatoms. The lowest BCUT2D eigenvalue weighted by molar-refractivity contribution is -0.149. The lowest BCUT2D eigenvalue weighted by Crippen LogP contribution is -2.40. The fourth-order valence-corrected chi connectivity index (χ4v) is 2.37. The fourth-order valence-electron chi connectivity index (χ4n) is 2.37. The minimum Gasteiger partial charge on any atom is -0.466 e. The molecule has 0 aromatic carbocycles. The first-order valence-electron chi connectivity index (χ1n) is 6.10. The second-order valence-corrected chi connectivity index (χ2v) is 4.24. The molecule has 0 radical (unpaired) electrons. The largest absolute Gasteiger partial charge is 0.466 e. The lowest BCUT2D eigenvalue weighted by atomic mass is 9.81. The summed E-state index contributed by atoms with van der Waals surface area (Å²) in [6, 6.07) is 3.98. The number of ether oxygens (including phenoxy) is 1. The summed E-state index contributed by atoms with van der Waals surface area (Å²) < 4.78 is 5.14. The summed E-state index contributed by atoms with van der Waals surface area (Å²) in [6.45, 7) is 3.93. The van der Waals surface area contributed by atoms with Crippen molar-refractivity contribution in [2.24, 2.45) is 5.92 Å². The average molecular weight is 234 g/mol. The summed E-state index contributed by atoms with van der Waals surface area (Å²) >= 11 is 0. The Hall–Kier alpha value is -1.42. The van der Waals surface area contributed by atoms with E-state index in [0.29, 0.717) is 13.2 Å². The third-order valence-corrected chi connectivity index (χ3v) is 3.21. The molecule has 0 bridgehead atoms. The van der Waals surface area contributed by atoms with Crippen LogP contribution in [-0.4, -0.2) is 30.6 Å². The number of carbonyl (C=O) groups is 1. The molecule has 0 amide bonds. The van der Waals surface area contributed by atoms with E-state index in [9.17, 15) is 4.79 Å². The van der Waals surface area contributed by atoms with Crippen molar-refractivity contribution in [1.82, 2.24) is 10.3 Å². The predicted octanol–water partition coefficient (Wildman–Crippen LogP) is 1.34. The quantitative estimate of drug-likeness (QED) is 0.802. The maximum atomic E-state index is 11.9. The maximum Gasteiger partial charge on any atom is 0.310 e. The Bertz CT molecular complexity index is 367. The van der Waals surface area contributed by atoms with Crippen LogP contribution in [-0.2, 0) is 9.53 Å². The number of piperidine rings is 1. The third-order valence-electron chi connectivity index (χ3n) is 3.21. The Balaban J connectivity index is 2.15. The topological polar surface area (TPSA) is 51.2 Å². The molecule has 1 N–H and O–H groups in total. The first-order valence-corrected chi connectivity index (χ1v) is 6.10. The summed E-state index contributed by atoms with van der Waals surface area (Å²) in [5.41, 5.74) is 1.18. The summed E-state index contributed by atoms with van der Waals surface area (Å²) in [7, 11) is 0. The molecule has 0 saturated carbocycles. The standard InChI is InChI=1S/C13H18N2O2/c1-2-17-13(16)12-9-15-8-5-11(12)10-3-6-14-7-4-10/h3-4,6-7,11-12,15H,2,5,8-9H2,1H3/t11-,12-/m0/s1. The first-order chi connectivity index (χ1) is 8.33. The van der Waals surface area contributed by atoms with Gasteiger partial charge in [-0.2, -0.15) is 0 Å². The van der Waals surface area contributed by atoms with Crippen LogP contribution in [0.15, 0.2) is 24.5 Å². The molecular formula is C13H18N2O2.